The van der Waals surface area contributed by atoms with Crippen molar-refractivity contribution in [3.05, 3.63) is 29.8 Å². The predicted molar refractivity (Wildman–Crippen MR) is 122 cm³/mol. The van der Waals surface area contributed by atoms with E-state index in [9.17, 15) is 4.79 Å². The van der Waals surface area contributed by atoms with Crippen molar-refractivity contribution in [1.82, 2.24) is 9.80 Å². The van der Waals surface area contributed by atoms with E-state index in [0.29, 0.717) is 17.2 Å². The van der Waals surface area contributed by atoms with Crippen LogP contribution in [-0.2, 0) is 11.2 Å². The van der Waals surface area contributed by atoms with Crippen molar-refractivity contribution in [2.75, 3.05) is 39.3 Å². The molecule has 1 spiro atoms. The summed E-state index contributed by atoms with van der Waals surface area (Å²) in [4.78, 5) is 17.4. The summed E-state index contributed by atoms with van der Waals surface area (Å²) in [5.74, 6) is 1.87. The van der Waals surface area contributed by atoms with Crippen molar-refractivity contribution in [2.24, 2.45) is 11.3 Å². The van der Waals surface area contributed by atoms with Crippen molar-refractivity contribution in [3.63, 3.8) is 0 Å². The lowest BCUT2D eigenvalue weighted by molar-refractivity contribution is -0.135. The second-order valence-corrected chi connectivity index (χ2v) is 9.89. The number of aryl methyl sites for hydroxylation is 1. The maximum Gasteiger partial charge on any atom is 0.225 e. The number of ether oxygens (including phenoxy) is 1. The third-order valence-corrected chi connectivity index (χ3v) is 7.49. The lowest BCUT2D eigenvalue weighted by Gasteiger charge is -2.45. The first-order chi connectivity index (χ1) is 14.7. The average molecular weight is 413 g/mol. The molecule has 1 aliphatic carbocycles. The van der Waals surface area contributed by atoms with Crippen molar-refractivity contribution in [2.45, 2.75) is 71.1 Å². The first-order valence-electron chi connectivity index (χ1n) is 12.4. The predicted octanol–water partition coefficient (Wildman–Crippen LogP) is 4.91. The van der Waals surface area contributed by atoms with Crippen LogP contribution in [0.3, 0.4) is 0 Å². The van der Waals surface area contributed by atoms with Gasteiger partial charge in [-0.2, -0.15) is 0 Å². The summed E-state index contributed by atoms with van der Waals surface area (Å²) in [7, 11) is 0. The molecule has 0 unspecified atom stereocenters. The van der Waals surface area contributed by atoms with Gasteiger partial charge in [-0.15, -0.1) is 0 Å². The summed E-state index contributed by atoms with van der Waals surface area (Å²) in [6.45, 7) is 8.31. The number of hydrogen-bond donors (Lipinski definition) is 0. The molecular weight excluding hydrogens is 372 g/mol. The zero-order valence-electron chi connectivity index (χ0n) is 18.9. The van der Waals surface area contributed by atoms with Crippen molar-refractivity contribution >= 4 is 5.91 Å². The van der Waals surface area contributed by atoms with E-state index >= 15 is 0 Å². The Morgan fingerprint density at radius 2 is 1.90 bits per heavy atom. The van der Waals surface area contributed by atoms with Crippen LogP contribution in [0.15, 0.2) is 24.3 Å². The van der Waals surface area contributed by atoms with Crippen molar-refractivity contribution in [1.29, 1.82) is 0 Å². The van der Waals surface area contributed by atoms with Gasteiger partial charge in [-0.3, -0.25) is 9.69 Å². The molecule has 2 fully saturated rings. The maximum absolute atomic E-state index is 12.6. The number of unbranched alkanes of at least 4 members (excludes halogenated alkanes) is 1. The monoisotopic (exact) mass is 412 g/mol. The zero-order valence-corrected chi connectivity index (χ0v) is 18.9. The number of nitrogens with zero attached hydrogens (tertiary/aromatic N) is 2. The number of likely N-dealkylation sites (tertiary alicyclic amines) is 1. The minimum atomic E-state index is 0.355. The third kappa shape index (κ3) is 5.57. The van der Waals surface area contributed by atoms with Gasteiger partial charge in [0, 0.05) is 32.1 Å². The largest absolute Gasteiger partial charge is 0.492 e. The molecule has 3 aliphatic rings. The topological polar surface area (TPSA) is 32.8 Å². The molecule has 0 N–H and O–H groups in total. The molecule has 2 heterocycles. The normalized spacial score (nSPS) is 23.2. The number of carbonyl (C=O) groups excluding carboxylic acids is 1. The Morgan fingerprint density at radius 1 is 1.10 bits per heavy atom. The number of hydrogen-bond acceptors (Lipinski definition) is 3. The maximum atomic E-state index is 12.6. The van der Waals surface area contributed by atoms with Gasteiger partial charge in [-0.05, 0) is 75.0 Å². The van der Waals surface area contributed by atoms with Crippen LogP contribution in [0.4, 0.5) is 0 Å². The molecule has 0 aromatic heterocycles. The second kappa shape index (κ2) is 10.2. The van der Waals surface area contributed by atoms with E-state index in [2.05, 4.69) is 41.0 Å². The van der Waals surface area contributed by atoms with Gasteiger partial charge in [0.2, 0.25) is 5.91 Å². The van der Waals surface area contributed by atoms with Crippen LogP contribution in [0.25, 0.3) is 0 Å². The highest BCUT2D eigenvalue weighted by Gasteiger charge is 2.40. The molecule has 2 aliphatic heterocycles. The van der Waals surface area contributed by atoms with Crippen LogP contribution in [0.2, 0.25) is 0 Å². The first-order valence-corrected chi connectivity index (χ1v) is 12.4. The number of benzene rings is 1. The number of fused-ring (bicyclic) bond motifs is 1. The average Bonchev–Trinajstić information content (AvgIpc) is 3.61. The van der Waals surface area contributed by atoms with Crippen LogP contribution < -0.4 is 4.74 Å². The minimum Gasteiger partial charge on any atom is -0.492 e. The summed E-state index contributed by atoms with van der Waals surface area (Å²) in [6, 6.07) is 8.58. The van der Waals surface area contributed by atoms with Gasteiger partial charge in [-0.1, -0.05) is 38.0 Å². The highest BCUT2D eigenvalue weighted by Crippen LogP contribution is 2.40. The van der Waals surface area contributed by atoms with Crippen LogP contribution in [0.1, 0.15) is 70.3 Å². The summed E-state index contributed by atoms with van der Waals surface area (Å²) < 4.78 is 6.23. The summed E-state index contributed by atoms with van der Waals surface area (Å²) >= 11 is 0. The van der Waals surface area contributed by atoms with Crippen LogP contribution in [0, 0.1) is 11.3 Å². The molecule has 30 heavy (non-hydrogen) atoms. The van der Waals surface area contributed by atoms with Gasteiger partial charge in [0.15, 0.2) is 0 Å². The number of para-hydroxylation sites is 1. The van der Waals surface area contributed by atoms with E-state index in [4.69, 9.17) is 4.74 Å². The molecule has 0 bridgehead atoms. The number of rotatable bonds is 4. The third-order valence-electron chi connectivity index (χ3n) is 7.49. The summed E-state index contributed by atoms with van der Waals surface area (Å²) in [6.07, 6.45) is 12.0. The van der Waals surface area contributed by atoms with Gasteiger partial charge in [0.1, 0.15) is 12.4 Å². The van der Waals surface area contributed by atoms with E-state index in [1.54, 1.807) is 0 Å². The van der Waals surface area contributed by atoms with E-state index < -0.39 is 0 Å². The van der Waals surface area contributed by atoms with Gasteiger partial charge in [0.05, 0.1) is 0 Å². The fraction of sp³-hybridized carbons (Fsp3) is 0.731. The molecule has 4 rings (SSSR count). The second-order valence-electron chi connectivity index (χ2n) is 9.89. The SMILES string of the molecule is CCCCN1CCOc2ccccc2CCCCC2(CCN(C(=O)C3CC3)CC2)C1. The molecular formula is C26H40N2O2. The highest BCUT2D eigenvalue weighted by atomic mass is 16.5. The van der Waals surface area contributed by atoms with E-state index in [0.717, 1.165) is 57.8 Å². The van der Waals surface area contributed by atoms with E-state index in [-0.39, 0.29) is 0 Å². The standard InChI is InChI=1S/C26H40N2O2/c1-2-3-16-27-19-20-30-24-10-5-4-8-22(24)9-6-7-13-26(21-27)14-17-28(18-15-26)25(29)23-11-12-23/h4-5,8,10,23H,2-3,6-7,9,11-21H2,1H3. The van der Waals surface area contributed by atoms with Crippen LogP contribution in [-0.4, -0.2) is 55.0 Å². The molecule has 1 saturated carbocycles. The molecule has 1 aromatic rings. The molecule has 4 nitrogen and oxygen atoms in total. The van der Waals surface area contributed by atoms with E-state index in [1.807, 2.05) is 0 Å². The molecule has 1 aromatic carbocycles. The fourth-order valence-corrected chi connectivity index (χ4v) is 5.35. The molecule has 166 valence electrons. The fourth-order valence-electron chi connectivity index (χ4n) is 5.35. The summed E-state index contributed by atoms with van der Waals surface area (Å²) in [5, 5.41) is 0. The Bertz CT molecular complexity index is 692. The first kappa shape index (κ1) is 21.7. The molecule has 1 amide bonds. The van der Waals surface area contributed by atoms with Crippen LogP contribution >= 0.6 is 0 Å². The Morgan fingerprint density at radius 3 is 2.67 bits per heavy atom. The number of amides is 1. The lowest BCUT2D eigenvalue weighted by Crippen LogP contribution is -2.49. The Kier molecular flexibility index (Phi) is 7.35. The lowest BCUT2D eigenvalue weighted by atomic mass is 9.73. The minimum absolute atomic E-state index is 0.355. The van der Waals surface area contributed by atoms with Gasteiger partial charge >= 0.3 is 0 Å². The van der Waals surface area contributed by atoms with Gasteiger partial charge in [-0.25, -0.2) is 0 Å². The summed E-state index contributed by atoms with van der Waals surface area (Å²) in [5.41, 5.74) is 1.73. The highest BCUT2D eigenvalue weighted by molar-refractivity contribution is 5.81. The smallest absolute Gasteiger partial charge is 0.225 e. The van der Waals surface area contributed by atoms with Crippen molar-refractivity contribution in [3.8, 4) is 5.75 Å². The number of carbonyl (C=O) groups is 1. The molecule has 4 heteroatoms. The Labute approximate surface area is 183 Å². The van der Waals surface area contributed by atoms with Crippen LogP contribution in [0.5, 0.6) is 5.75 Å². The van der Waals surface area contributed by atoms with Gasteiger partial charge in [0.25, 0.3) is 0 Å². The Hall–Kier alpha value is -1.55. The Balaban J connectivity index is 1.44. The molecule has 0 radical (unpaired) electrons. The van der Waals surface area contributed by atoms with E-state index in [1.165, 1.54) is 57.1 Å². The quantitative estimate of drug-likeness (QED) is 0.704. The number of piperidine rings is 1. The molecule has 0 atom stereocenters. The van der Waals surface area contributed by atoms with Gasteiger partial charge < -0.3 is 9.64 Å². The van der Waals surface area contributed by atoms with Crippen molar-refractivity contribution < 1.29 is 9.53 Å². The molecule has 1 saturated heterocycles. The zero-order chi connectivity index (χ0) is 20.8.